The molecule has 0 spiro atoms. The van der Waals surface area contributed by atoms with Crippen LogP contribution in [0.4, 0.5) is 11.4 Å². The molecule has 1 amide bonds. The molecule has 2 aromatic rings. The van der Waals surface area contributed by atoms with Gasteiger partial charge in [0.1, 0.15) is 5.71 Å². The molecule has 0 bridgehead atoms. The second-order valence-corrected chi connectivity index (χ2v) is 5.49. The number of para-hydroxylation sites is 2. The van der Waals surface area contributed by atoms with E-state index in [9.17, 15) is 4.79 Å². The Balaban J connectivity index is 2.00. The minimum absolute atomic E-state index is 0.0260. The van der Waals surface area contributed by atoms with E-state index in [1.54, 1.807) is 0 Å². The second kappa shape index (κ2) is 6.75. The summed E-state index contributed by atoms with van der Waals surface area (Å²) in [5.74, 6) is -0.0260. The van der Waals surface area contributed by atoms with E-state index in [2.05, 4.69) is 23.7 Å². The molecule has 1 aliphatic heterocycles. The topological polar surface area (TPSA) is 35.9 Å². The zero-order chi connectivity index (χ0) is 16.2. The number of carbonyl (C=O) groups is 1. The first-order valence-corrected chi connectivity index (χ1v) is 8.02. The lowest BCUT2D eigenvalue weighted by Crippen LogP contribution is -2.41. The van der Waals surface area contributed by atoms with Crippen molar-refractivity contribution in [3.05, 3.63) is 60.2 Å². The number of hydrogen-bond acceptors (Lipinski definition) is 3. The molecule has 2 aromatic carbocycles. The molecule has 0 radical (unpaired) electrons. The standard InChI is InChI=1S/C19H21N3O/c1-3-21(4-2)14-22-17-13-9-8-12-16(17)18(19(22)23)20-15-10-6-5-7-11-15/h5-13H,3-4,14H2,1-2H3. The highest BCUT2D eigenvalue weighted by Crippen LogP contribution is 2.30. The number of rotatable bonds is 5. The highest BCUT2D eigenvalue weighted by Gasteiger charge is 2.34. The lowest BCUT2D eigenvalue weighted by molar-refractivity contribution is -0.112. The summed E-state index contributed by atoms with van der Waals surface area (Å²) in [6.45, 7) is 6.63. The summed E-state index contributed by atoms with van der Waals surface area (Å²) in [7, 11) is 0. The molecule has 0 N–H and O–H groups in total. The molecule has 23 heavy (non-hydrogen) atoms. The summed E-state index contributed by atoms with van der Waals surface area (Å²) >= 11 is 0. The Hall–Kier alpha value is -2.46. The Morgan fingerprint density at radius 2 is 1.61 bits per heavy atom. The van der Waals surface area contributed by atoms with Gasteiger partial charge in [0.2, 0.25) is 0 Å². The summed E-state index contributed by atoms with van der Waals surface area (Å²) in [6, 6.07) is 17.5. The van der Waals surface area contributed by atoms with Crippen LogP contribution in [0, 0.1) is 0 Å². The van der Waals surface area contributed by atoms with Crippen LogP contribution in [-0.4, -0.2) is 36.3 Å². The lowest BCUT2D eigenvalue weighted by Gasteiger charge is -2.25. The van der Waals surface area contributed by atoms with Crippen molar-refractivity contribution in [2.24, 2.45) is 4.99 Å². The Labute approximate surface area is 137 Å². The van der Waals surface area contributed by atoms with Gasteiger partial charge in [0.25, 0.3) is 5.91 Å². The smallest absolute Gasteiger partial charge is 0.278 e. The molecule has 0 fully saturated rings. The fourth-order valence-electron chi connectivity index (χ4n) is 2.77. The van der Waals surface area contributed by atoms with Gasteiger partial charge in [-0.3, -0.25) is 14.6 Å². The summed E-state index contributed by atoms with van der Waals surface area (Å²) in [4.78, 5) is 21.5. The zero-order valence-corrected chi connectivity index (χ0v) is 13.6. The summed E-state index contributed by atoms with van der Waals surface area (Å²) in [6.07, 6.45) is 0. The van der Waals surface area contributed by atoms with Gasteiger partial charge in [-0.15, -0.1) is 0 Å². The van der Waals surface area contributed by atoms with Gasteiger partial charge in [0, 0.05) is 5.56 Å². The van der Waals surface area contributed by atoms with Gasteiger partial charge in [0.15, 0.2) is 0 Å². The van der Waals surface area contributed by atoms with Crippen LogP contribution in [-0.2, 0) is 4.79 Å². The maximum Gasteiger partial charge on any atom is 0.278 e. The predicted molar refractivity (Wildman–Crippen MR) is 94.4 cm³/mol. The van der Waals surface area contributed by atoms with Gasteiger partial charge >= 0.3 is 0 Å². The van der Waals surface area contributed by atoms with Crippen molar-refractivity contribution in [3.8, 4) is 0 Å². The van der Waals surface area contributed by atoms with Gasteiger partial charge in [-0.25, -0.2) is 4.99 Å². The van der Waals surface area contributed by atoms with E-state index in [1.165, 1.54) is 0 Å². The highest BCUT2D eigenvalue weighted by molar-refractivity contribution is 6.54. The van der Waals surface area contributed by atoms with E-state index in [1.807, 2.05) is 59.5 Å². The molecule has 0 aliphatic carbocycles. The number of nitrogens with zero attached hydrogens (tertiary/aromatic N) is 3. The average Bonchev–Trinajstić information content (AvgIpc) is 2.86. The van der Waals surface area contributed by atoms with Gasteiger partial charge in [0.05, 0.1) is 18.0 Å². The van der Waals surface area contributed by atoms with E-state index in [0.29, 0.717) is 12.4 Å². The van der Waals surface area contributed by atoms with Gasteiger partial charge < -0.3 is 0 Å². The van der Waals surface area contributed by atoms with Crippen LogP contribution in [0.15, 0.2) is 59.6 Å². The summed E-state index contributed by atoms with van der Waals surface area (Å²) in [5, 5.41) is 0. The van der Waals surface area contributed by atoms with Crippen LogP contribution in [0.5, 0.6) is 0 Å². The minimum Gasteiger partial charge on any atom is -0.293 e. The molecule has 0 unspecified atom stereocenters. The number of hydrogen-bond donors (Lipinski definition) is 0. The van der Waals surface area contributed by atoms with Gasteiger partial charge in [-0.2, -0.15) is 0 Å². The molecule has 0 aromatic heterocycles. The van der Waals surface area contributed by atoms with Crippen molar-refractivity contribution >= 4 is 23.0 Å². The Kier molecular flexibility index (Phi) is 4.53. The van der Waals surface area contributed by atoms with E-state index in [4.69, 9.17) is 0 Å². The van der Waals surface area contributed by atoms with Crippen molar-refractivity contribution in [2.45, 2.75) is 13.8 Å². The van der Waals surface area contributed by atoms with E-state index in [0.717, 1.165) is 30.0 Å². The van der Waals surface area contributed by atoms with E-state index >= 15 is 0 Å². The number of carbonyl (C=O) groups excluding carboxylic acids is 1. The van der Waals surface area contributed by atoms with Crippen LogP contribution in [0.1, 0.15) is 19.4 Å². The number of anilines is 1. The molecule has 118 valence electrons. The van der Waals surface area contributed by atoms with Gasteiger partial charge in [-0.1, -0.05) is 50.2 Å². The number of aliphatic imine (C=N–C) groups is 1. The molecular weight excluding hydrogens is 286 g/mol. The normalized spacial score (nSPS) is 15.5. The average molecular weight is 307 g/mol. The van der Waals surface area contributed by atoms with Crippen LogP contribution < -0.4 is 4.90 Å². The third-order valence-corrected chi connectivity index (χ3v) is 4.13. The van der Waals surface area contributed by atoms with Crippen LogP contribution in [0.3, 0.4) is 0 Å². The molecule has 4 nitrogen and oxygen atoms in total. The van der Waals surface area contributed by atoms with Crippen molar-refractivity contribution in [3.63, 3.8) is 0 Å². The van der Waals surface area contributed by atoms with Crippen molar-refractivity contribution in [1.29, 1.82) is 0 Å². The number of fused-ring (bicyclic) bond motifs is 1. The molecule has 1 aliphatic rings. The molecule has 0 atom stereocenters. The Bertz CT molecular complexity index is 720. The summed E-state index contributed by atoms with van der Waals surface area (Å²) < 4.78 is 0. The van der Waals surface area contributed by atoms with Crippen molar-refractivity contribution in [1.82, 2.24) is 4.90 Å². The quantitative estimate of drug-likeness (QED) is 0.848. The molecule has 3 rings (SSSR count). The molecule has 1 heterocycles. The fraction of sp³-hybridized carbons (Fsp3) is 0.263. The predicted octanol–water partition coefficient (Wildman–Crippen LogP) is 3.45. The molecule has 0 saturated carbocycles. The van der Waals surface area contributed by atoms with Crippen LogP contribution in [0.25, 0.3) is 0 Å². The first-order chi connectivity index (χ1) is 11.2. The molecule has 0 saturated heterocycles. The minimum atomic E-state index is -0.0260. The first-order valence-electron chi connectivity index (χ1n) is 8.02. The second-order valence-electron chi connectivity index (χ2n) is 5.49. The first kappa shape index (κ1) is 15.4. The van der Waals surface area contributed by atoms with Crippen molar-refractivity contribution in [2.75, 3.05) is 24.7 Å². The fourth-order valence-corrected chi connectivity index (χ4v) is 2.77. The van der Waals surface area contributed by atoms with Crippen molar-refractivity contribution < 1.29 is 4.79 Å². The Morgan fingerprint density at radius 3 is 2.30 bits per heavy atom. The van der Waals surface area contributed by atoms with E-state index in [-0.39, 0.29) is 5.91 Å². The number of benzene rings is 2. The monoisotopic (exact) mass is 307 g/mol. The van der Waals surface area contributed by atoms with Gasteiger partial charge in [-0.05, 0) is 31.3 Å². The zero-order valence-electron chi connectivity index (χ0n) is 13.6. The molecule has 4 heteroatoms. The number of amides is 1. The highest BCUT2D eigenvalue weighted by atomic mass is 16.2. The molecular formula is C19H21N3O. The Morgan fingerprint density at radius 1 is 0.957 bits per heavy atom. The van der Waals surface area contributed by atoms with Crippen LogP contribution in [0.2, 0.25) is 0 Å². The van der Waals surface area contributed by atoms with E-state index < -0.39 is 0 Å². The largest absolute Gasteiger partial charge is 0.293 e. The maximum atomic E-state index is 12.9. The third-order valence-electron chi connectivity index (χ3n) is 4.13. The maximum absolute atomic E-state index is 12.9. The third kappa shape index (κ3) is 3.03. The van der Waals surface area contributed by atoms with Crippen LogP contribution >= 0.6 is 0 Å². The lowest BCUT2D eigenvalue weighted by atomic mass is 10.1. The summed E-state index contributed by atoms with van der Waals surface area (Å²) in [5.41, 5.74) is 3.18. The SMILES string of the molecule is CCN(CC)CN1C(=O)C(=Nc2ccccc2)c2ccccc21.